The van der Waals surface area contributed by atoms with E-state index in [0.29, 0.717) is 22.1 Å². The van der Waals surface area contributed by atoms with Gasteiger partial charge in [0.2, 0.25) is 0 Å². The van der Waals surface area contributed by atoms with Crippen LogP contribution < -0.4 is 14.3 Å². The van der Waals surface area contributed by atoms with E-state index in [1.807, 2.05) is 18.2 Å². The Bertz CT molecular complexity index is 1150. The zero-order valence-corrected chi connectivity index (χ0v) is 18.2. The van der Waals surface area contributed by atoms with Gasteiger partial charge < -0.3 is 9.47 Å². The predicted octanol–water partition coefficient (Wildman–Crippen LogP) is 4.89. The number of benzene rings is 3. The highest BCUT2D eigenvalue weighted by Gasteiger charge is 2.14. The Hall–Kier alpha value is -2.74. The van der Waals surface area contributed by atoms with Crippen LogP contribution in [0.15, 0.2) is 76.7 Å². The van der Waals surface area contributed by atoms with Gasteiger partial charge in [-0.25, -0.2) is 4.83 Å². The third kappa shape index (κ3) is 5.44. The highest BCUT2D eigenvalue weighted by molar-refractivity contribution is 7.89. The van der Waals surface area contributed by atoms with Gasteiger partial charge in [-0.1, -0.05) is 59.6 Å². The van der Waals surface area contributed by atoms with E-state index < -0.39 is 10.0 Å². The fourth-order valence-electron chi connectivity index (χ4n) is 2.54. The van der Waals surface area contributed by atoms with Crippen molar-refractivity contribution in [1.82, 2.24) is 4.83 Å². The van der Waals surface area contributed by atoms with Gasteiger partial charge in [0.25, 0.3) is 10.0 Å². The van der Waals surface area contributed by atoms with Crippen molar-refractivity contribution in [3.05, 3.63) is 87.9 Å². The number of methoxy groups -OCH3 is 1. The number of nitrogens with zero attached hydrogens (tertiary/aromatic N) is 1. The number of sulfonamides is 1. The summed E-state index contributed by atoms with van der Waals surface area (Å²) in [7, 11) is -2.28. The Morgan fingerprint density at radius 1 is 1.00 bits per heavy atom. The number of halogens is 2. The summed E-state index contributed by atoms with van der Waals surface area (Å²) in [5, 5.41) is 4.68. The summed E-state index contributed by atoms with van der Waals surface area (Å²) in [6, 6.07) is 18.5. The summed E-state index contributed by atoms with van der Waals surface area (Å²) in [5.74, 6) is 0.725. The lowest BCUT2D eigenvalue weighted by Gasteiger charge is -2.14. The molecule has 0 heterocycles. The van der Waals surface area contributed by atoms with Crippen LogP contribution in [0.5, 0.6) is 11.5 Å². The van der Waals surface area contributed by atoms with Gasteiger partial charge in [0.15, 0.2) is 11.5 Å². The lowest BCUT2D eigenvalue weighted by Crippen LogP contribution is -2.18. The largest absolute Gasteiger partial charge is 0.493 e. The molecule has 0 radical (unpaired) electrons. The molecule has 0 spiro atoms. The van der Waals surface area contributed by atoms with E-state index in [4.69, 9.17) is 32.7 Å². The van der Waals surface area contributed by atoms with Crippen LogP contribution in [-0.4, -0.2) is 21.7 Å². The van der Waals surface area contributed by atoms with E-state index in [2.05, 4.69) is 9.93 Å². The SMILES string of the molecule is COc1cc(C=NNS(=O)(=O)c2ccccc2)cc(Cl)c1OCc1ccccc1Cl. The maximum Gasteiger partial charge on any atom is 0.276 e. The molecule has 156 valence electrons. The zero-order chi connectivity index (χ0) is 21.6. The van der Waals surface area contributed by atoms with Crippen LogP contribution in [0.3, 0.4) is 0 Å². The monoisotopic (exact) mass is 464 g/mol. The van der Waals surface area contributed by atoms with Gasteiger partial charge in [-0.05, 0) is 35.9 Å². The molecular formula is C21H18Cl2N2O4S. The second-order valence-electron chi connectivity index (χ2n) is 6.08. The standard InChI is InChI=1S/C21H18Cl2N2O4S/c1-28-20-12-15(13-24-25-30(26,27)17-8-3-2-4-9-17)11-19(23)21(20)29-14-16-7-5-6-10-18(16)22/h2-13,25H,14H2,1H3. The summed E-state index contributed by atoms with van der Waals surface area (Å²) >= 11 is 12.5. The molecule has 0 aromatic heterocycles. The molecule has 0 aliphatic heterocycles. The van der Waals surface area contributed by atoms with E-state index >= 15 is 0 Å². The minimum absolute atomic E-state index is 0.112. The number of nitrogens with one attached hydrogen (secondary N) is 1. The third-order valence-electron chi connectivity index (χ3n) is 4.02. The van der Waals surface area contributed by atoms with Gasteiger partial charge in [0.1, 0.15) is 6.61 Å². The van der Waals surface area contributed by atoms with E-state index in [-0.39, 0.29) is 16.5 Å². The molecule has 0 saturated carbocycles. The van der Waals surface area contributed by atoms with Crippen LogP contribution in [0.4, 0.5) is 0 Å². The van der Waals surface area contributed by atoms with E-state index in [0.717, 1.165) is 5.56 Å². The summed E-state index contributed by atoms with van der Waals surface area (Å²) in [6.07, 6.45) is 1.33. The first-order valence-corrected chi connectivity index (χ1v) is 11.0. The smallest absolute Gasteiger partial charge is 0.276 e. The lowest BCUT2D eigenvalue weighted by atomic mass is 10.2. The van der Waals surface area contributed by atoms with Crippen molar-refractivity contribution in [1.29, 1.82) is 0 Å². The Morgan fingerprint density at radius 2 is 1.70 bits per heavy atom. The van der Waals surface area contributed by atoms with Gasteiger partial charge in [-0.3, -0.25) is 0 Å². The van der Waals surface area contributed by atoms with Crippen molar-refractivity contribution in [3.8, 4) is 11.5 Å². The molecule has 6 nitrogen and oxygen atoms in total. The van der Waals surface area contributed by atoms with Gasteiger partial charge in [0, 0.05) is 10.6 Å². The molecule has 30 heavy (non-hydrogen) atoms. The van der Waals surface area contributed by atoms with Crippen LogP contribution in [0.25, 0.3) is 0 Å². The second-order valence-corrected chi connectivity index (χ2v) is 8.56. The molecule has 0 aliphatic rings. The summed E-state index contributed by atoms with van der Waals surface area (Å²) in [4.78, 5) is 2.27. The highest BCUT2D eigenvalue weighted by atomic mass is 35.5. The lowest BCUT2D eigenvalue weighted by molar-refractivity contribution is 0.285. The fourth-order valence-corrected chi connectivity index (χ4v) is 3.82. The average Bonchev–Trinajstić information content (AvgIpc) is 2.74. The van der Waals surface area contributed by atoms with E-state index in [1.165, 1.54) is 25.5 Å². The van der Waals surface area contributed by atoms with Gasteiger partial charge >= 0.3 is 0 Å². The Morgan fingerprint density at radius 3 is 2.40 bits per heavy atom. The van der Waals surface area contributed by atoms with Crippen molar-refractivity contribution < 1.29 is 17.9 Å². The molecule has 0 fully saturated rings. The number of ether oxygens (including phenoxy) is 2. The van der Waals surface area contributed by atoms with Crippen molar-refractivity contribution in [2.45, 2.75) is 11.5 Å². The fraction of sp³-hybridized carbons (Fsp3) is 0.0952. The maximum atomic E-state index is 12.2. The van der Waals surface area contributed by atoms with E-state index in [9.17, 15) is 8.42 Å². The molecule has 1 N–H and O–H groups in total. The molecule has 3 aromatic carbocycles. The Balaban J connectivity index is 1.75. The number of hydrazone groups is 1. The minimum Gasteiger partial charge on any atom is -0.493 e. The molecule has 3 rings (SSSR count). The van der Waals surface area contributed by atoms with Crippen LogP contribution >= 0.6 is 23.2 Å². The van der Waals surface area contributed by atoms with Gasteiger partial charge in [-0.2, -0.15) is 13.5 Å². The van der Waals surface area contributed by atoms with Crippen molar-refractivity contribution in [2.24, 2.45) is 5.10 Å². The van der Waals surface area contributed by atoms with Gasteiger partial charge in [-0.15, -0.1) is 0 Å². The highest BCUT2D eigenvalue weighted by Crippen LogP contribution is 2.37. The first kappa shape index (κ1) is 22.0. The maximum absolute atomic E-state index is 12.2. The Kier molecular flexibility index (Phi) is 7.20. The third-order valence-corrected chi connectivity index (χ3v) is 5.91. The normalized spacial score (nSPS) is 11.4. The topological polar surface area (TPSA) is 77.0 Å². The molecule has 0 atom stereocenters. The second kappa shape index (κ2) is 9.84. The summed E-state index contributed by atoms with van der Waals surface area (Å²) in [6.45, 7) is 0.208. The zero-order valence-electron chi connectivity index (χ0n) is 15.9. The predicted molar refractivity (Wildman–Crippen MR) is 118 cm³/mol. The summed E-state index contributed by atoms with van der Waals surface area (Å²) < 4.78 is 35.6. The van der Waals surface area contributed by atoms with Crippen molar-refractivity contribution >= 4 is 39.4 Å². The molecule has 3 aromatic rings. The van der Waals surface area contributed by atoms with E-state index in [1.54, 1.807) is 36.4 Å². The average molecular weight is 465 g/mol. The van der Waals surface area contributed by atoms with Crippen LogP contribution in [-0.2, 0) is 16.6 Å². The summed E-state index contributed by atoms with van der Waals surface area (Å²) in [5.41, 5.74) is 1.33. The first-order valence-electron chi connectivity index (χ1n) is 8.74. The Labute approximate surface area is 185 Å². The van der Waals surface area contributed by atoms with Crippen LogP contribution in [0.1, 0.15) is 11.1 Å². The van der Waals surface area contributed by atoms with Crippen molar-refractivity contribution in [3.63, 3.8) is 0 Å². The quantitative estimate of drug-likeness (QED) is 0.380. The molecular weight excluding hydrogens is 447 g/mol. The molecule has 0 unspecified atom stereocenters. The number of hydrogen-bond donors (Lipinski definition) is 1. The molecule has 9 heteroatoms. The van der Waals surface area contributed by atoms with Crippen LogP contribution in [0.2, 0.25) is 10.0 Å². The first-order chi connectivity index (χ1) is 14.4. The van der Waals surface area contributed by atoms with Gasteiger partial charge in [0.05, 0.1) is 23.2 Å². The minimum atomic E-state index is -3.76. The number of rotatable bonds is 8. The molecule has 0 amide bonds. The van der Waals surface area contributed by atoms with Crippen LogP contribution in [0, 0.1) is 0 Å². The number of hydrogen-bond acceptors (Lipinski definition) is 5. The molecule has 0 saturated heterocycles. The molecule has 0 bridgehead atoms. The molecule has 0 aliphatic carbocycles. The van der Waals surface area contributed by atoms with Crippen molar-refractivity contribution in [2.75, 3.05) is 7.11 Å².